The Hall–Kier alpha value is -1.46. The average molecular weight is 306 g/mol. The van der Waals surface area contributed by atoms with Crippen LogP contribution in [0.4, 0.5) is 4.39 Å². The summed E-state index contributed by atoms with van der Waals surface area (Å²) in [6, 6.07) is 6.37. The quantitative estimate of drug-likeness (QED) is 0.915. The van der Waals surface area contributed by atoms with Crippen LogP contribution in [0.3, 0.4) is 0 Å². The zero-order valence-electron chi connectivity index (χ0n) is 12.7. The fourth-order valence-electron chi connectivity index (χ4n) is 3.47. The Labute approximate surface area is 130 Å². The van der Waals surface area contributed by atoms with E-state index in [2.05, 4.69) is 4.90 Å². The van der Waals surface area contributed by atoms with Crippen LogP contribution in [-0.2, 0) is 11.2 Å². The van der Waals surface area contributed by atoms with Gasteiger partial charge in [0, 0.05) is 19.5 Å². The van der Waals surface area contributed by atoms with Crippen LogP contribution >= 0.6 is 0 Å². The van der Waals surface area contributed by atoms with Crippen molar-refractivity contribution >= 4 is 5.91 Å². The first-order valence-electron chi connectivity index (χ1n) is 8.08. The molecule has 1 amide bonds. The van der Waals surface area contributed by atoms with Crippen LogP contribution in [0.25, 0.3) is 0 Å². The lowest BCUT2D eigenvalue weighted by atomic mass is 10.1. The molecule has 2 atom stereocenters. The average Bonchev–Trinajstić information content (AvgIpc) is 3.15. The molecule has 2 saturated heterocycles. The van der Waals surface area contributed by atoms with E-state index in [1.54, 1.807) is 17.0 Å². The highest BCUT2D eigenvalue weighted by Gasteiger charge is 2.38. The van der Waals surface area contributed by atoms with Gasteiger partial charge in [-0.15, -0.1) is 0 Å². The molecule has 3 rings (SSSR count). The van der Waals surface area contributed by atoms with E-state index < -0.39 is 6.10 Å². The summed E-state index contributed by atoms with van der Waals surface area (Å²) < 4.78 is 12.9. The number of β-amino-alcohol motifs (C(OH)–C–C–N with tert-alkyl or cyclic N) is 1. The number of hydrogen-bond donors (Lipinski definition) is 1. The first kappa shape index (κ1) is 15.4. The number of aryl methyl sites for hydroxylation is 1. The fraction of sp³-hybridized carbons (Fsp3) is 0.588. The number of carbonyl (C=O) groups is 1. The normalized spacial score (nSPS) is 25.8. The molecule has 5 heteroatoms. The minimum Gasteiger partial charge on any atom is -0.390 e. The standard InChI is InChI=1S/C17H23FN2O2/c18-14-6-3-13(4-7-14)5-8-17(22)20-11-15(16(21)12-20)19-9-1-2-10-19/h3-4,6-7,15-16,21H,1-2,5,8-12H2/t15-,16-/m1/s1. The van der Waals surface area contributed by atoms with E-state index in [0.717, 1.165) is 18.7 Å². The molecule has 22 heavy (non-hydrogen) atoms. The van der Waals surface area contributed by atoms with Gasteiger partial charge in [-0.2, -0.15) is 0 Å². The number of amides is 1. The monoisotopic (exact) mass is 306 g/mol. The van der Waals surface area contributed by atoms with Gasteiger partial charge in [0.1, 0.15) is 5.82 Å². The Balaban J connectivity index is 1.51. The minimum atomic E-state index is -0.437. The van der Waals surface area contributed by atoms with E-state index in [-0.39, 0.29) is 17.8 Å². The predicted molar refractivity (Wildman–Crippen MR) is 81.9 cm³/mol. The molecule has 1 aromatic carbocycles. The molecular weight excluding hydrogens is 283 g/mol. The SMILES string of the molecule is O=C(CCc1ccc(F)cc1)N1C[C@@H](O)[C@H](N2CCCC2)C1. The van der Waals surface area contributed by atoms with Gasteiger partial charge in [0.05, 0.1) is 12.1 Å². The van der Waals surface area contributed by atoms with Gasteiger partial charge in [-0.05, 0) is 50.0 Å². The van der Waals surface area contributed by atoms with E-state index >= 15 is 0 Å². The maximum absolute atomic E-state index is 12.9. The van der Waals surface area contributed by atoms with E-state index in [1.165, 1.54) is 25.0 Å². The van der Waals surface area contributed by atoms with Gasteiger partial charge in [-0.1, -0.05) is 12.1 Å². The zero-order chi connectivity index (χ0) is 15.5. The fourth-order valence-corrected chi connectivity index (χ4v) is 3.47. The number of aliphatic hydroxyl groups is 1. The predicted octanol–water partition coefficient (Wildman–Crippen LogP) is 1.43. The summed E-state index contributed by atoms with van der Waals surface area (Å²) in [6.07, 6.45) is 2.95. The highest BCUT2D eigenvalue weighted by Crippen LogP contribution is 2.21. The molecule has 2 fully saturated rings. The second-order valence-electron chi connectivity index (χ2n) is 6.30. The molecule has 0 saturated carbocycles. The number of likely N-dealkylation sites (tertiary alicyclic amines) is 2. The molecule has 0 unspecified atom stereocenters. The molecule has 0 aromatic heterocycles. The lowest BCUT2D eigenvalue weighted by molar-refractivity contribution is -0.130. The molecule has 2 aliphatic rings. The van der Waals surface area contributed by atoms with Crippen LogP contribution in [0.15, 0.2) is 24.3 Å². The van der Waals surface area contributed by atoms with Gasteiger partial charge in [0.2, 0.25) is 5.91 Å². The van der Waals surface area contributed by atoms with Crippen molar-refractivity contribution in [2.45, 2.75) is 37.8 Å². The van der Waals surface area contributed by atoms with Gasteiger partial charge in [-0.25, -0.2) is 4.39 Å². The number of carbonyl (C=O) groups excluding carboxylic acids is 1. The maximum atomic E-state index is 12.9. The van der Waals surface area contributed by atoms with Crippen LogP contribution in [-0.4, -0.2) is 59.1 Å². The molecule has 0 bridgehead atoms. The summed E-state index contributed by atoms with van der Waals surface area (Å²) in [5.41, 5.74) is 0.964. The van der Waals surface area contributed by atoms with Crippen molar-refractivity contribution in [2.75, 3.05) is 26.2 Å². The van der Waals surface area contributed by atoms with Gasteiger partial charge >= 0.3 is 0 Å². The summed E-state index contributed by atoms with van der Waals surface area (Å²) >= 11 is 0. The van der Waals surface area contributed by atoms with Crippen LogP contribution in [0.2, 0.25) is 0 Å². The molecular formula is C17H23FN2O2. The van der Waals surface area contributed by atoms with Crippen molar-refractivity contribution < 1.29 is 14.3 Å². The molecule has 1 aromatic rings. The van der Waals surface area contributed by atoms with Crippen molar-refractivity contribution in [3.63, 3.8) is 0 Å². The summed E-state index contributed by atoms with van der Waals surface area (Å²) in [5, 5.41) is 10.2. The van der Waals surface area contributed by atoms with Gasteiger partial charge in [0.15, 0.2) is 0 Å². The number of benzene rings is 1. The van der Waals surface area contributed by atoms with E-state index in [0.29, 0.717) is 25.9 Å². The summed E-state index contributed by atoms with van der Waals surface area (Å²) in [5.74, 6) is -0.184. The highest BCUT2D eigenvalue weighted by atomic mass is 19.1. The molecule has 0 aliphatic carbocycles. The number of nitrogens with zero attached hydrogens (tertiary/aromatic N) is 2. The highest BCUT2D eigenvalue weighted by molar-refractivity contribution is 5.77. The summed E-state index contributed by atoms with van der Waals surface area (Å²) in [6.45, 7) is 3.12. The third kappa shape index (κ3) is 3.47. The first-order chi connectivity index (χ1) is 10.6. The van der Waals surface area contributed by atoms with Crippen LogP contribution in [0, 0.1) is 5.82 Å². The molecule has 0 radical (unpaired) electrons. The summed E-state index contributed by atoms with van der Waals surface area (Å²) in [4.78, 5) is 16.4. The Bertz CT molecular complexity index is 514. The van der Waals surface area contributed by atoms with Crippen molar-refractivity contribution in [3.8, 4) is 0 Å². The molecule has 4 nitrogen and oxygen atoms in total. The van der Waals surface area contributed by atoms with Crippen molar-refractivity contribution in [3.05, 3.63) is 35.6 Å². The molecule has 2 aliphatic heterocycles. The number of halogens is 1. The van der Waals surface area contributed by atoms with E-state index in [4.69, 9.17) is 0 Å². The zero-order valence-corrected chi connectivity index (χ0v) is 12.7. The van der Waals surface area contributed by atoms with Gasteiger partial charge in [-0.3, -0.25) is 9.69 Å². The van der Waals surface area contributed by atoms with Crippen molar-refractivity contribution in [2.24, 2.45) is 0 Å². The lowest BCUT2D eigenvalue weighted by Gasteiger charge is -2.25. The Kier molecular flexibility index (Phi) is 4.74. The Morgan fingerprint density at radius 3 is 2.55 bits per heavy atom. The smallest absolute Gasteiger partial charge is 0.223 e. The molecule has 0 spiro atoms. The molecule has 120 valence electrons. The van der Waals surface area contributed by atoms with Crippen LogP contribution in [0.5, 0.6) is 0 Å². The summed E-state index contributed by atoms with van der Waals surface area (Å²) in [7, 11) is 0. The Morgan fingerprint density at radius 1 is 1.18 bits per heavy atom. The largest absolute Gasteiger partial charge is 0.390 e. The van der Waals surface area contributed by atoms with Crippen molar-refractivity contribution in [1.29, 1.82) is 0 Å². The van der Waals surface area contributed by atoms with Crippen molar-refractivity contribution in [1.82, 2.24) is 9.80 Å². The number of aliphatic hydroxyl groups excluding tert-OH is 1. The van der Waals surface area contributed by atoms with Crippen LogP contribution in [0.1, 0.15) is 24.8 Å². The van der Waals surface area contributed by atoms with E-state index in [9.17, 15) is 14.3 Å². The topological polar surface area (TPSA) is 43.8 Å². The maximum Gasteiger partial charge on any atom is 0.223 e. The third-order valence-electron chi connectivity index (χ3n) is 4.76. The van der Waals surface area contributed by atoms with Gasteiger partial charge < -0.3 is 10.0 Å². The number of hydrogen-bond acceptors (Lipinski definition) is 3. The second-order valence-corrected chi connectivity index (χ2v) is 6.30. The van der Waals surface area contributed by atoms with Crippen LogP contribution < -0.4 is 0 Å². The Morgan fingerprint density at radius 2 is 1.86 bits per heavy atom. The first-order valence-corrected chi connectivity index (χ1v) is 8.08. The van der Waals surface area contributed by atoms with Gasteiger partial charge in [0.25, 0.3) is 0 Å². The molecule has 1 N–H and O–H groups in total. The second kappa shape index (κ2) is 6.75. The lowest BCUT2D eigenvalue weighted by Crippen LogP contribution is -2.41. The minimum absolute atomic E-state index is 0.0741. The third-order valence-corrected chi connectivity index (χ3v) is 4.76. The number of rotatable bonds is 4. The van der Waals surface area contributed by atoms with E-state index in [1.807, 2.05) is 0 Å². The molecule has 2 heterocycles.